The van der Waals surface area contributed by atoms with Gasteiger partial charge in [-0.15, -0.1) is 0 Å². The number of morpholine rings is 1. The van der Waals surface area contributed by atoms with Crippen LogP contribution in [0.2, 0.25) is 0 Å². The Balaban J connectivity index is 1.53. The second-order valence-corrected chi connectivity index (χ2v) is 7.30. The van der Waals surface area contributed by atoms with Gasteiger partial charge in [-0.2, -0.15) is 11.8 Å². The fourth-order valence-electron chi connectivity index (χ4n) is 3.24. The van der Waals surface area contributed by atoms with Crippen LogP contribution in [0.1, 0.15) is 25.1 Å². The van der Waals surface area contributed by atoms with Gasteiger partial charge in [0.05, 0.1) is 25.5 Å². The Hall–Kier alpha value is -1.18. The molecule has 7 heteroatoms. The summed E-state index contributed by atoms with van der Waals surface area (Å²) in [6, 6.07) is 3.42. The second kappa shape index (κ2) is 7.59. The van der Waals surface area contributed by atoms with Gasteiger partial charge >= 0.3 is 6.03 Å². The summed E-state index contributed by atoms with van der Waals surface area (Å²) in [4.78, 5) is 14.7. The molecular formula is C16H25N3O3S. The van der Waals surface area contributed by atoms with Gasteiger partial charge in [0, 0.05) is 30.9 Å². The van der Waals surface area contributed by atoms with Gasteiger partial charge in [-0.3, -0.25) is 4.90 Å². The standard InChI is InChI=1S/C16H25N3O3S/c1-13(14-3-2-7-22-14)18-15(20)17-11-16(4-10-23-12-16)19-5-8-21-9-6-19/h2-3,7,13H,4-6,8-12H2,1H3,(H2,17,18,20). The highest BCUT2D eigenvalue weighted by molar-refractivity contribution is 7.99. The molecule has 0 saturated carbocycles. The summed E-state index contributed by atoms with van der Waals surface area (Å²) in [6.45, 7) is 6.07. The first kappa shape index (κ1) is 16.7. The molecule has 2 N–H and O–H groups in total. The summed E-state index contributed by atoms with van der Waals surface area (Å²) in [5.74, 6) is 2.99. The van der Waals surface area contributed by atoms with Crippen molar-refractivity contribution in [2.24, 2.45) is 0 Å². The van der Waals surface area contributed by atoms with E-state index in [0.717, 1.165) is 50.0 Å². The van der Waals surface area contributed by atoms with Crippen molar-refractivity contribution in [3.63, 3.8) is 0 Å². The van der Waals surface area contributed by atoms with E-state index >= 15 is 0 Å². The highest BCUT2D eigenvalue weighted by Crippen LogP contribution is 2.33. The first-order valence-electron chi connectivity index (χ1n) is 8.18. The highest BCUT2D eigenvalue weighted by atomic mass is 32.2. The summed E-state index contributed by atoms with van der Waals surface area (Å²) in [5.41, 5.74) is 0.0692. The Morgan fingerprint density at radius 2 is 2.30 bits per heavy atom. The first-order chi connectivity index (χ1) is 11.2. The van der Waals surface area contributed by atoms with E-state index in [1.54, 1.807) is 6.26 Å². The molecule has 0 spiro atoms. The number of rotatable bonds is 5. The number of thioether (sulfide) groups is 1. The lowest BCUT2D eigenvalue weighted by Crippen LogP contribution is -2.59. The maximum Gasteiger partial charge on any atom is 0.315 e. The van der Waals surface area contributed by atoms with E-state index in [1.165, 1.54) is 0 Å². The molecule has 2 unspecified atom stereocenters. The number of carbonyl (C=O) groups is 1. The average molecular weight is 339 g/mol. The summed E-state index contributed by atoms with van der Waals surface area (Å²) in [7, 11) is 0. The van der Waals surface area contributed by atoms with Crippen LogP contribution in [0.25, 0.3) is 0 Å². The molecule has 0 aliphatic carbocycles. The van der Waals surface area contributed by atoms with Gasteiger partial charge in [0.15, 0.2) is 0 Å². The SMILES string of the molecule is CC(NC(=O)NCC1(N2CCOCC2)CCSC1)c1ccco1. The van der Waals surface area contributed by atoms with Gasteiger partial charge in [0.25, 0.3) is 0 Å². The van der Waals surface area contributed by atoms with Crippen LogP contribution < -0.4 is 10.6 Å². The summed E-state index contributed by atoms with van der Waals surface area (Å²) < 4.78 is 10.8. The number of urea groups is 1. The lowest BCUT2D eigenvalue weighted by molar-refractivity contribution is -0.0124. The molecule has 2 amide bonds. The third-order valence-corrected chi connectivity index (χ3v) is 5.89. The van der Waals surface area contributed by atoms with Gasteiger partial charge in [-0.25, -0.2) is 4.79 Å². The van der Waals surface area contributed by atoms with Gasteiger partial charge < -0.3 is 19.8 Å². The van der Waals surface area contributed by atoms with E-state index in [0.29, 0.717) is 6.54 Å². The largest absolute Gasteiger partial charge is 0.467 e. The van der Waals surface area contributed by atoms with Gasteiger partial charge in [-0.1, -0.05) is 0 Å². The molecule has 3 heterocycles. The number of ether oxygens (including phenoxy) is 1. The second-order valence-electron chi connectivity index (χ2n) is 6.19. The van der Waals surface area contributed by atoms with E-state index in [1.807, 2.05) is 30.8 Å². The summed E-state index contributed by atoms with van der Waals surface area (Å²) >= 11 is 1.97. The van der Waals surface area contributed by atoms with Crippen LogP contribution >= 0.6 is 11.8 Å². The van der Waals surface area contributed by atoms with E-state index < -0.39 is 0 Å². The summed E-state index contributed by atoms with van der Waals surface area (Å²) in [5, 5.41) is 6.00. The zero-order valence-corrected chi connectivity index (χ0v) is 14.4. The average Bonchev–Trinajstić information content (AvgIpc) is 3.26. The lowest BCUT2D eigenvalue weighted by Gasteiger charge is -2.43. The molecule has 2 aliphatic rings. The third kappa shape index (κ3) is 4.02. The van der Waals surface area contributed by atoms with E-state index in [9.17, 15) is 4.79 Å². The van der Waals surface area contributed by atoms with Crippen LogP contribution in [0, 0.1) is 0 Å². The van der Waals surface area contributed by atoms with Crippen LogP contribution in [0.3, 0.4) is 0 Å². The molecule has 6 nitrogen and oxygen atoms in total. The van der Waals surface area contributed by atoms with E-state index in [-0.39, 0.29) is 17.6 Å². The summed E-state index contributed by atoms with van der Waals surface area (Å²) in [6.07, 6.45) is 2.74. The zero-order valence-electron chi connectivity index (χ0n) is 13.5. The number of hydrogen-bond acceptors (Lipinski definition) is 5. The topological polar surface area (TPSA) is 66.7 Å². The van der Waals surface area contributed by atoms with Crippen molar-refractivity contribution < 1.29 is 13.9 Å². The van der Waals surface area contributed by atoms with Gasteiger partial charge in [0.1, 0.15) is 5.76 Å². The van der Waals surface area contributed by atoms with Crippen molar-refractivity contribution >= 4 is 17.8 Å². The molecule has 2 aliphatic heterocycles. The molecule has 1 aromatic rings. The normalized spacial score (nSPS) is 26.8. The lowest BCUT2D eigenvalue weighted by atomic mass is 9.95. The molecule has 23 heavy (non-hydrogen) atoms. The van der Waals surface area contributed by atoms with Crippen LogP contribution in [-0.4, -0.2) is 60.8 Å². The molecule has 0 radical (unpaired) electrons. The van der Waals surface area contributed by atoms with E-state index in [2.05, 4.69) is 15.5 Å². The highest BCUT2D eigenvalue weighted by Gasteiger charge is 2.40. The fraction of sp³-hybridized carbons (Fsp3) is 0.688. The smallest absolute Gasteiger partial charge is 0.315 e. The van der Waals surface area contributed by atoms with Crippen LogP contribution in [0.4, 0.5) is 4.79 Å². The van der Waals surface area contributed by atoms with E-state index in [4.69, 9.17) is 9.15 Å². The number of furan rings is 1. The number of carbonyl (C=O) groups excluding carboxylic acids is 1. The van der Waals surface area contributed by atoms with Crippen molar-refractivity contribution in [2.75, 3.05) is 44.4 Å². The van der Waals surface area contributed by atoms with Crippen molar-refractivity contribution in [3.05, 3.63) is 24.2 Å². The quantitative estimate of drug-likeness (QED) is 0.857. The predicted molar refractivity (Wildman–Crippen MR) is 90.7 cm³/mol. The predicted octanol–water partition coefficient (Wildman–Crippen LogP) is 1.85. The Morgan fingerprint density at radius 1 is 1.48 bits per heavy atom. The number of nitrogens with zero attached hydrogens (tertiary/aromatic N) is 1. The van der Waals surface area contributed by atoms with Gasteiger partial charge in [-0.05, 0) is 31.2 Å². The van der Waals surface area contributed by atoms with Crippen molar-refractivity contribution in [1.82, 2.24) is 15.5 Å². The molecule has 2 atom stereocenters. The minimum atomic E-state index is -0.140. The Bertz CT molecular complexity index is 497. The minimum Gasteiger partial charge on any atom is -0.467 e. The Morgan fingerprint density at radius 3 is 2.96 bits per heavy atom. The number of nitrogens with one attached hydrogen (secondary N) is 2. The Labute approximate surface area is 141 Å². The number of amides is 2. The first-order valence-corrected chi connectivity index (χ1v) is 9.33. The van der Waals surface area contributed by atoms with Crippen molar-refractivity contribution in [2.45, 2.75) is 24.9 Å². The van der Waals surface area contributed by atoms with Crippen LogP contribution in [-0.2, 0) is 4.74 Å². The fourth-order valence-corrected chi connectivity index (χ4v) is 4.71. The molecular weight excluding hydrogens is 314 g/mol. The molecule has 3 rings (SSSR count). The van der Waals surface area contributed by atoms with Crippen LogP contribution in [0.5, 0.6) is 0 Å². The maximum atomic E-state index is 12.2. The molecule has 0 bridgehead atoms. The monoisotopic (exact) mass is 339 g/mol. The minimum absolute atomic E-state index is 0.0692. The number of hydrogen-bond donors (Lipinski definition) is 2. The zero-order chi connectivity index (χ0) is 16.1. The molecule has 2 saturated heterocycles. The third-order valence-electron chi connectivity index (χ3n) is 4.66. The van der Waals surface area contributed by atoms with Crippen molar-refractivity contribution in [3.8, 4) is 0 Å². The maximum absolute atomic E-state index is 12.2. The van der Waals surface area contributed by atoms with Crippen LogP contribution in [0.15, 0.2) is 22.8 Å². The van der Waals surface area contributed by atoms with Crippen molar-refractivity contribution in [1.29, 1.82) is 0 Å². The Kier molecular flexibility index (Phi) is 5.50. The molecule has 0 aromatic carbocycles. The molecule has 128 valence electrons. The molecule has 2 fully saturated rings. The molecule has 1 aromatic heterocycles. The van der Waals surface area contributed by atoms with Gasteiger partial charge in [0.2, 0.25) is 0 Å².